The van der Waals surface area contributed by atoms with Gasteiger partial charge in [-0.15, -0.1) is 0 Å². The molecule has 2 heterocycles. The number of ether oxygens (including phenoxy) is 2. The maximum Gasteiger partial charge on any atom is 0.345 e. The minimum Gasteiger partial charge on any atom is -0.478 e. The van der Waals surface area contributed by atoms with Crippen molar-refractivity contribution in [3.63, 3.8) is 0 Å². The van der Waals surface area contributed by atoms with Crippen LogP contribution in [0.2, 0.25) is 0 Å². The van der Waals surface area contributed by atoms with Crippen LogP contribution in [0.25, 0.3) is 0 Å². The van der Waals surface area contributed by atoms with Crippen molar-refractivity contribution in [2.45, 2.75) is 76.9 Å². The second-order valence-corrected chi connectivity index (χ2v) is 9.39. The topological polar surface area (TPSA) is 182 Å². The summed E-state index contributed by atoms with van der Waals surface area (Å²) in [5.74, 6) is -8.60. The molecule has 0 spiro atoms. The number of ketones is 1. The Balaban J connectivity index is 2.04. The molecule has 37 heavy (non-hydrogen) atoms. The fraction of sp³-hybridized carbons (Fsp3) is 0.538. The molecule has 0 aromatic carbocycles. The average Bonchev–Trinajstić information content (AvgIpc) is 3.28. The number of aliphatic hydroxyl groups is 2. The normalized spacial score (nSPS) is 24.9. The summed E-state index contributed by atoms with van der Waals surface area (Å²) in [5.41, 5.74) is -1.26. The van der Waals surface area contributed by atoms with Crippen molar-refractivity contribution in [1.29, 1.82) is 0 Å². The van der Waals surface area contributed by atoms with E-state index in [1.807, 2.05) is 6.92 Å². The van der Waals surface area contributed by atoms with Gasteiger partial charge in [-0.1, -0.05) is 32.3 Å². The first-order valence-corrected chi connectivity index (χ1v) is 12.3. The maximum atomic E-state index is 13.3. The second kappa shape index (κ2) is 12.2. The third kappa shape index (κ3) is 6.28. The second-order valence-electron chi connectivity index (χ2n) is 9.39. The zero-order valence-corrected chi connectivity index (χ0v) is 20.4. The highest BCUT2D eigenvalue weighted by Gasteiger charge is 2.50. The van der Waals surface area contributed by atoms with E-state index in [4.69, 9.17) is 14.6 Å². The van der Waals surface area contributed by atoms with Gasteiger partial charge in [0.2, 0.25) is 0 Å². The minimum atomic E-state index is -1.93. The Morgan fingerprint density at radius 3 is 2.14 bits per heavy atom. The van der Waals surface area contributed by atoms with Crippen LogP contribution in [-0.4, -0.2) is 63.2 Å². The van der Waals surface area contributed by atoms with Crippen LogP contribution in [-0.2, 0) is 38.2 Å². The molecule has 3 rings (SSSR count). The molecule has 11 heteroatoms. The van der Waals surface area contributed by atoms with Gasteiger partial charge in [-0.25, -0.2) is 24.0 Å². The number of allylic oxidation sites excluding steroid dienone is 1. The van der Waals surface area contributed by atoms with Crippen LogP contribution in [0.4, 0.5) is 0 Å². The Kier molecular flexibility index (Phi) is 9.28. The highest BCUT2D eigenvalue weighted by Crippen LogP contribution is 2.41. The summed E-state index contributed by atoms with van der Waals surface area (Å²) in [6.07, 6.45) is 1.67. The smallest absolute Gasteiger partial charge is 0.345 e. The number of unbranched alkanes of at least 4 members (excludes halogenated alkanes) is 3. The van der Waals surface area contributed by atoms with Crippen molar-refractivity contribution in [2.24, 2.45) is 11.8 Å². The number of aliphatic hydroxyl groups excluding tert-OH is 2. The van der Waals surface area contributed by atoms with E-state index in [1.165, 1.54) is 6.08 Å². The number of hydrogen-bond donors (Lipinski definition) is 3. The Morgan fingerprint density at radius 2 is 1.54 bits per heavy atom. The fourth-order valence-electron chi connectivity index (χ4n) is 4.97. The monoisotopic (exact) mass is 518 g/mol. The summed E-state index contributed by atoms with van der Waals surface area (Å²) in [6, 6.07) is 0. The molecule has 1 aliphatic carbocycles. The van der Waals surface area contributed by atoms with E-state index in [0.29, 0.717) is 6.42 Å². The number of esters is 4. The Labute approximate surface area is 212 Å². The van der Waals surface area contributed by atoms with Crippen molar-refractivity contribution in [2.75, 3.05) is 0 Å². The van der Waals surface area contributed by atoms with E-state index in [9.17, 15) is 39.0 Å². The van der Waals surface area contributed by atoms with Gasteiger partial charge >= 0.3 is 29.8 Å². The van der Waals surface area contributed by atoms with Crippen LogP contribution >= 0.6 is 0 Å². The first-order chi connectivity index (χ1) is 17.6. The Bertz CT molecular complexity index is 1090. The van der Waals surface area contributed by atoms with E-state index in [0.717, 1.165) is 25.3 Å². The first kappa shape index (κ1) is 28.1. The van der Waals surface area contributed by atoms with E-state index >= 15 is 0 Å². The Morgan fingerprint density at radius 1 is 0.946 bits per heavy atom. The van der Waals surface area contributed by atoms with E-state index in [1.54, 1.807) is 0 Å². The lowest BCUT2D eigenvalue weighted by atomic mass is 9.81. The molecule has 0 fully saturated rings. The summed E-state index contributed by atoms with van der Waals surface area (Å²) >= 11 is 0. The highest BCUT2D eigenvalue weighted by molar-refractivity contribution is 6.17. The standard InChI is InChI=1S/C26H30O11/c1-2-3-4-5-9-17(28)21-19-14(23(32)36-25(19)34)11-13(16(27)8-6-7-10-18(29)30)12-15-20(22(21)31)26(35)37-24(15)33/h7,10,13,16,21-22,27,31H,2-6,8-9,11-12H2,1H3,(H,29,30). The summed E-state index contributed by atoms with van der Waals surface area (Å²) in [4.78, 5) is 74.4. The molecule has 0 saturated heterocycles. The van der Waals surface area contributed by atoms with Gasteiger partial charge in [-0.3, -0.25) is 4.79 Å². The highest BCUT2D eigenvalue weighted by atomic mass is 16.6. The summed E-state index contributed by atoms with van der Waals surface area (Å²) in [6.45, 7) is 1.99. The molecule has 0 aromatic rings. The number of hydrogen-bond acceptors (Lipinski definition) is 10. The van der Waals surface area contributed by atoms with E-state index in [2.05, 4.69) is 0 Å². The summed E-state index contributed by atoms with van der Waals surface area (Å²) in [7, 11) is 0. The molecule has 0 amide bonds. The molecule has 3 aliphatic rings. The number of Topliss-reactive ketones (excluding diaryl/α,β-unsaturated/α-hetero) is 1. The van der Waals surface area contributed by atoms with Crippen LogP contribution < -0.4 is 0 Å². The number of cyclic esters (lactones) is 4. The quantitative estimate of drug-likeness (QED) is 0.156. The molecule has 0 aromatic heterocycles. The van der Waals surface area contributed by atoms with Gasteiger partial charge in [-0.05, 0) is 38.0 Å². The van der Waals surface area contributed by atoms with Crippen molar-refractivity contribution >= 4 is 35.6 Å². The zero-order chi connectivity index (χ0) is 27.3. The van der Waals surface area contributed by atoms with Crippen molar-refractivity contribution in [1.82, 2.24) is 0 Å². The number of carboxylic acid groups (broad SMARTS) is 1. The number of carboxylic acids is 1. The molecule has 2 aliphatic heterocycles. The van der Waals surface area contributed by atoms with Crippen LogP contribution in [0.1, 0.15) is 64.7 Å². The number of aliphatic carboxylic acids is 1. The van der Waals surface area contributed by atoms with E-state index in [-0.39, 0.29) is 48.8 Å². The van der Waals surface area contributed by atoms with Crippen LogP contribution in [0.15, 0.2) is 34.4 Å². The number of carbonyl (C=O) groups excluding carboxylic acids is 5. The molecular formula is C26H30O11. The third-order valence-corrected chi connectivity index (χ3v) is 6.87. The van der Waals surface area contributed by atoms with Gasteiger partial charge in [0.1, 0.15) is 11.9 Å². The maximum absolute atomic E-state index is 13.3. The lowest BCUT2D eigenvalue weighted by Gasteiger charge is -2.22. The summed E-state index contributed by atoms with van der Waals surface area (Å²) < 4.78 is 9.48. The molecular weight excluding hydrogens is 488 g/mol. The molecule has 11 nitrogen and oxygen atoms in total. The molecule has 4 unspecified atom stereocenters. The number of carbonyl (C=O) groups is 6. The van der Waals surface area contributed by atoms with Gasteiger partial charge in [-0.2, -0.15) is 0 Å². The molecule has 0 radical (unpaired) electrons. The number of rotatable bonds is 11. The van der Waals surface area contributed by atoms with Crippen molar-refractivity contribution in [3.8, 4) is 0 Å². The van der Waals surface area contributed by atoms with Crippen molar-refractivity contribution < 1.29 is 53.6 Å². The predicted molar refractivity (Wildman–Crippen MR) is 124 cm³/mol. The van der Waals surface area contributed by atoms with Gasteiger partial charge in [0.05, 0.1) is 28.7 Å². The zero-order valence-electron chi connectivity index (χ0n) is 20.4. The largest absolute Gasteiger partial charge is 0.478 e. The van der Waals surface area contributed by atoms with Gasteiger partial charge in [0, 0.05) is 18.1 Å². The summed E-state index contributed by atoms with van der Waals surface area (Å²) in [5, 5.41) is 30.8. The van der Waals surface area contributed by atoms with E-state index < -0.39 is 65.2 Å². The lowest BCUT2D eigenvalue weighted by Crippen LogP contribution is -2.35. The van der Waals surface area contributed by atoms with Gasteiger partial charge in [0.15, 0.2) is 0 Å². The lowest BCUT2D eigenvalue weighted by molar-refractivity contribution is -0.154. The van der Waals surface area contributed by atoms with Gasteiger partial charge in [0.25, 0.3) is 0 Å². The molecule has 0 saturated carbocycles. The first-order valence-electron chi connectivity index (χ1n) is 12.3. The molecule has 0 bridgehead atoms. The van der Waals surface area contributed by atoms with Crippen LogP contribution in [0.3, 0.4) is 0 Å². The predicted octanol–water partition coefficient (Wildman–Crippen LogP) is 1.45. The Hall–Kier alpha value is -3.44. The van der Waals surface area contributed by atoms with Crippen molar-refractivity contribution in [3.05, 3.63) is 34.4 Å². The average molecular weight is 519 g/mol. The molecule has 200 valence electrons. The van der Waals surface area contributed by atoms with Gasteiger partial charge < -0.3 is 24.8 Å². The van der Waals surface area contributed by atoms with Crippen LogP contribution in [0.5, 0.6) is 0 Å². The minimum absolute atomic E-state index is 0.0342. The third-order valence-electron chi connectivity index (χ3n) is 6.87. The molecule has 3 N–H and O–H groups in total. The molecule has 4 atom stereocenters. The van der Waals surface area contributed by atoms with Crippen LogP contribution in [0, 0.1) is 11.8 Å². The fourth-order valence-corrected chi connectivity index (χ4v) is 4.97. The SMILES string of the molecule is CCCCCCC(=O)C1C2=C(CC(C(O)CCC=CC(=O)O)CC3=C(C(=O)OC3=O)C1O)C(=O)OC2=O.